The molecule has 0 radical (unpaired) electrons. The Balaban J connectivity index is 2.61. The molecule has 0 fully saturated rings. The van der Waals surface area contributed by atoms with Gasteiger partial charge in [0.2, 0.25) is 5.95 Å². The van der Waals surface area contributed by atoms with E-state index in [1.165, 1.54) is 0 Å². The maximum absolute atomic E-state index is 13.6. The van der Waals surface area contributed by atoms with Crippen molar-refractivity contribution in [3.8, 4) is 0 Å². The minimum atomic E-state index is -0.996. The highest BCUT2D eigenvalue weighted by atomic mass is 19.1. The van der Waals surface area contributed by atoms with Gasteiger partial charge in [-0.15, -0.1) is 0 Å². The number of hydrogen-bond donors (Lipinski definition) is 3. The molecule has 0 saturated heterocycles. The predicted molar refractivity (Wildman–Crippen MR) is 76.4 cm³/mol. The second kappa shape index (κ2) is 7.96. The number of aromatic nitrogens is 2. The van der Waals surface area contributed by atoms with Crippen LogP contribution in [0.5, 0.6) is 0 Å². The topological polar surface area (TPSA) is 79.3 Å². The lowest BCUT2D eigenvalue weighted by molar-refractivity contribution is 0.0356. The zero-order chi connectivity index (χ0) is 15.0. The van der Waals surface area contributed by atoms with Crippen LogP contribution in [0.1, 0.15) is 26.7 Å². The zero-order valence-corrected chi connectivity index (χ0v) is 12.2. The first-order valence-electron chi connectivity index (χ1n) is 6.70. The SMILES string of the molecule is CCCNc1ncc(F)c(NCC(C)(O)CCOC)n1. The lowest BCUT2D eigenvalue weighted by Gasteiger charge is -2.23. The van der Waals surface area contributed by atoms with E-state index in [1.807, 2.05) is 6.92 Å². The van der Waals surface area contributed by atoms with Crippen LogP contribution < -0.4 is 10.6 Å². The van der Waals surface area contributed by atoms with Crippen molar-refractivity contribution in [1.82, 2.24) is 9.97 Å². The fraction of sp³-hybridized carbons (Fsp3) is 0.692. The van der Waals surface area contributed by atoms with E-state index < -0.39 is 11.4 Å². The van der Waals surface area contributed by atoms with Crippen LogP contribution in [-0.2, 0) is 4.74 Å². The summed E-state index contributed by atoms with van der Waals surface area (Å²) in [5.74, 6) is -0.0989. The van der Waals surface area contributed by atoms with Gasteiger partial charge in [0, 0.05) is 33.2 Å². The van der Waals surface area contributed by atoms with Crippen LogP contribution in [0.4, 0.5) is 16.2 Å². The van der Waals surface area contributed by atoms with Gasteiger partial charge in [0.1, 0.15) is 0 Å². The summed E-state index contributed by atoms with van der Waals surface area (Å²) in [6.45, 7) is 5.01. The number of aliphatic hydroxyl groups is 1. The average Bonchev–Trinajstić information content (AvgIpc) is 2.43. The van der Waals surface area contributed by atoms with Gasteiger partial charge in [0.05, 0.1) is 11.8 Å². The Morgan fingerprint density at radius 3 is 2.85 bits per heavy atom. The number of nitrogens with one attached hydrogen (secondary N) is 2. The molecule has 0 aliphatic heterocycles. The Morgan fingerprint density at radius 2 is 2.20 bits per heavy atom. The van der Waals surface area contributed by atoms with Crippen molar-refractivity contribution in [1.29, 1.82) is 0 Å². The number of ether oxygens (including phenoxy) is 1. The summed E-state index contributed by atoms with van der Waals surface area (Å²) in [5.41, 5.74) is -0.996. The average molecular weight is 286 g/mol. The Bertz CT molecular complexity index is 415. The number of nitrogens with zero attached hydrogens (tertiary/aromatic N) is 2. The molecule has 7 heteroatoms. The summed E-state index contributed by atoms with van der Waals surface area (Å²) in [6.07, 6.45) is 2.48. The van der Waals surface area contributed by atoms with E-state index in [0.717, 1.165) is 19.2 Å². The molecule has 6 nitrogen and oxygen atoms in total. The fourth-order valence-electron chi connectivity index (χ4n) is 1.50. The summed E-state index contributed by atoms with van der Waals surface area (Å²) in [5, 5.41) is 15.9. The number of methoxy groups -OCH3 is 1. The number of rotatable bonds is 9. The second-order valence-electron chi connectivity index (χ2n) is 4.91. The molecule has 1 unspecified atom stereocenters. The van der Waals surface area contributed by atoms with E-state index in [9.17, 15) is 9.50 Å². The quantitative estimate of drug-likeness (QED) is 0.640. The molecule has 20 heavy (non-hydrogen) atoms. The van der Waals surface area contributed by atoms with Crippen molar-refractivity contribution in [2.45, 2.75) is 32.3 Å². The Kier molecular flexibility index (Phi) is 6.60. The van der Waals surface area contributed by atoms with Crippen LogP contribution in [0.15, 0.2) is 6.20 Å². The minimum Gasteiger partial charge on any atom is -0.388 e. The van der Waals surface area contributed by atoms with Crippen molar-refractivity contribution in [2.75, 3.05) is 37.4 Å². The molecule has 114 valence electrons. The number of anilines is 2. The van der Waals surface area contributed by atoms with E-state index >= 15 is 0 Å². The monoisotopic (exact) mass is 286 g/mol. The molecule has 0 aliphatic carbocycles. The van der Waals surface area contributed by atoms with Gasteiger partial charge in [0.15, 0.2) is 11.6 Å². The van der Waals surface area contributed by atoms with Crippen LogP contribution in [-0.4, -0.2) is 47.5 Å². The maximum atomic E-state index is 13.6. The highest BCUT2D eigenvalue weighted by Gasteiger charge is 2.20. The Hall–Kier alpha value is -1.47. The molecule has 0 aliphatic rings. The normalized spacial score (nSPS) is 13.8. The maximum Gasteiger partial charge on any atom is 0.224 e. The number of hydrogen-bond acceptors (Lipinski definition) is 6. The van der Waals surface area contributed by atoms with E-state index in [1.54, 1.807) is 14.0 Å². The van der Waals surface area contributed by atoms with Gasteiger partial charge in [-0.2, -0.15) is 4.98 Å². The van der Waals surface area contributed by atoms with Gasteiger partial charge in [0.25, 0.3) is 0 Å². The smallest absolute Gasteiger partial charge is 0.224 e. The summed E-state index contributed by atoms with van der Waals surface area (Å²) in [7, 11) is 1.57. The molecular weight excluding hydrogens is 263 g/mol. The third-order valence-electron chi connectivity index (χ3n) is 2.76. The minimum absolute atomic E-state index is 0.0799. The van der Waals surface area contributed by atoms with Crippen molar-refractivity contribution < 1.29 is 14.2 Å². The molecular formula is C13H23FN4O2. The van der Waals surface area contributed by atoms with Gasteiger partial charge < -0.3 is 20.5 Å². The molecule has 0 saturated carbocycles. The molecule has 1 atom stereocenters. The summed E-state index contributed by atoms with van der Waals surface area (Å²) in [6, 6.07) is 0. The first-order valence-corrected chi connectivity index (χ1v) is 6.70. The number of halogens is 1. The van der Waals surface area contributed by atoms with E-state index in [0.29, 0.717) is 19.0 Å². The predicted octanol–water partition coefficient (Wildman–Crippen LogP) is 1.64. The molecule has 0 spiro atoms. The van der Waals surface area contributed by atoms with Gasteiger partial charge in [-0.25, -0.2) is 9.37 Å². The van der Waals surface area contributed by atoms with E-state index in [-0.39, 0.29) is 12.4 Å². The van der Waals surface area contributed by atoms with Gasteiger partial charge in [-0.1, -0.05) is 6.92 Å². The molecule has 0 amide bonds. The van der Waals surface area contributed by atoms with E-state index in [2.05, 4.69) is 20.6 Å². The molecule has 1 heterocycles. The molecule has 0 bridgehead atoms. The Labute approximate surface area is 118 Å². The van der Waals surface area contributed by atoms with E-state index in [4.69, 9.17) is 4.74 Å². The molecule has 0 aromatic carbocycles. The summed E-state index contributed by atoms with van der Waals surface area (Å²) in [4.78, 5) is 7.89. The summed E-state index contributed by atoms with van der Waals surface area (Å²) >= 11 is 0. The zero-order valence-electron chi connectivity index (χ0n) is 12.2. The van der Waals surface area contributed by atoms with Crippen molar-refractivity contribution in [3.63, 3.8) is 0 Å². The molecule has 1 aromatic heterocycles. The molecule has 3 N–H and O–H groups in total. The van der Waals surface area contributed by atoms with Crippen LogP contribution >= 0.6 is 0 Å². The highest BCUT2D eigenvalue weighted by molar-refractivity contribution is 5.41. The fourth-order valence-corrected chi connectivity index (χ4v) is 1.50. The molecule has 1 aromatic rings. The van der Waals surface area contributed by atoms with Crippen LogP contribution in [0, 0.1) is 5.82 Å². The van der Waals surface area contributed by atoms with Gasteiger partial charge in [-0.05, 0) is 13.3 Å². The third kappa shape index (κ3) is 5.66. The van der Waals surface area contributed by atoms with Crippen LogP contribution in [0.3, 0.4) is 0 Å². The first kappa shape index (κ1) is 16.6. The van der Waals surface area contributed by atoms with Gasteiger partial charge in [-0.3, -0.25) is 0 Å². The lowest BCUT2D eigenvalue weighted by Crippen LogP contribution is -2.35. The molecule has 1 rings (SSSR count). The van der Waals surface area contributed by atoms with Gasteiger partial charge >= 0.3 is 0 Å². The van der Waals surface area contributed by atoms with Crippen molar-refractivity contribution >= 4 is 11.8 Å². The second-order valence-corrected chi connectivity index (χ2v) is 4.91. The summed E-state index contributed by atoms with van der Waals surface area (Å²) < 4.78 is 18.5. The van der Waals surface area contributed by atoms with Crippen LogP contribution in [0.2, 0.25) is 0 Å². The Morgan fingerprint density at radius 1 is 1.45 bits per heavy atom. The first-order chi connectivity index (χ1) is 9.48. The van der Waals surface area contributed by atoms with Crippen molar-refractivity contribution in [2.24, 2.45) is 0 Å². The highest BCUT2D eigenvalue weighted by Crippen LogP contribution is 2.15. The van der Waals surface area contributed by atoms with Crippen LogP contribution in [0.25, 0.3) is 0 Å². The lowest BCUT2D eigenvalue weighted by atomic mass is 10.0. The third-order valence-corrected chi connectivity index (χ3v) is 2.76. The standard InChI is InChI=1S/C13H23FN4O2/c1-4-6-15-12-16-8-10(14)11(18-12)17-9-13(2,19)5-7-20-3/h8,19H,4-7,9H2,1-3H3,(H2,15,16,17,18). The van der Waals surface area contributed by atoms with Crippen molar-refractivity contribution in [3.05, 3.63) is 12.0 Å². The largest absolute Gasteiger partial charge is 0.388 e.